The number of hydrogen-bond acceptors (Lipinski definition) is 4. The Morgan fingerprint density at radius 1 is 0.971 bits per heavy atom. The van der Waals surface area contributed by atoms with Gasteiger partial charge < -0.3 is 15.3 Å². The Kier molecular flexibility index (Phi) is 6.18. The number of carboxylic acids is 1. The van der Waals surface area contributed by atoms with E-state index in [0.29, 0.717) is 11.3 Å². The molecule has 34 heavy (non-hydrogen) atoms. The molecule has 0 saturated carbocycles. The molecule has 0 spiro atoms. The minimum atomic E-state index is -4.50. The van der Waals surface area contributed by atoms with Gasteiger partial charge in [0.25, 0.3) is 0 Å². The average molecular weight is 468 g/mol. The third kappa shape index (κ3) is 4.54. The first kappa shape index (κ1) is 23.5. The average Bonchev–Trinajstić information content (AvgIpc) is 2.78. The minimum absolute atomic E-state index is 0.0281. The van der Waals surface area contributed by atoms with Crippen molar-refractivity contribution in [2.24, 2.45) is 0 Å². The summed E-state index contributed by atoms with van der Waals surface area (Å²) in [6.45, 7) is 0.727. The Hall–Kier alpha value is -3.65. The number of anilines is 1. The van der Waals surface area contributed by atoms with Crippen LogP contribution < -0.4 is 5.32 Å². The maximum absolute atomic E-state index is 13.7. The summed E-state index contributed by atoms with van der Waals surface area (Å²) >= 11 is 0. The second-order valence-corrected chi connectivity index (χ2v) is 8.60. The van der Waals surface area contributed by atoms with Crippen LogP contribution >= 0.6 is 0 Å². The molecule has 1 aliphatic rings. The standard InChI is InChI=1S/C26H23F3N2O3/c1-31(2)14-15-6-8-17(9-7-15)23-21(16-10-12-18(13-11-16)26(27,28)29)24(32)22-19(25(33)34)4-3-5-20(22)30-23/h3-13,21,23,30H,14H2,1-2H3,(H,33,34). The number of carboxylic acid groups (broad SMARTS) is 1. The van der Waals surface area contributed by atoms with E-state index in [1.807, 2.05) is 43.3 Å². The summed E-state index contributed by atoms with van der Waals surface area (Å²) in [6, 6.07) is 16.0. The highest BCUT2D eigenvalue weighted by atomic mass is 19.4. The van der Waals surface area contributed by atoms with E-state index in [2.05, 4.69) is 5.32 Å². The van der Waals surface area contributed by atoms with E-state index in [0.717, 1.165) is 29.8 Å². The number of halogens is 3. The molecule has 1 aliphatic heterocycles. The van der Waals surface area contributed by atoms with Gasteiger partial charge in [-0.1, -0.05) is 42.5 Å². The van der Waals surface area contributed by atoms with Crippen molar-refractivity contribution in [2.45, 2.75) is 24.7 Å². The van der Waals surface area contributed by atoms with Gasteiger partial charge in [-0.3, -0.25) is 4.79 Å². The number of carbonyl (C=O) groups is 2. The molecule has 8 heteroatoms. The van der Waals surface area contributed by atoms with Gasteiger partial charge in [-0.25, -0.2) is 4.79 Å². The topological polar surface area (TPSA) is 69.6 Å². The summed E-state index contributed by atoms with van der Waals surface area (Å²) in [5.74, 6) is -2.60. The number of carbonyl (C=O) groups excluding carboxylic acids is 1. The summed E-state index contributed by atoms with van der Waals surface area (Å²) in [7, 11) is 3.90. The molecule has 0 aliphatic carbocycles. The quantitative estimate of drug-likeness (QED) is 0.510. The number of nitrogens with one attached hydrogen (secondary N) is 1. The lowest BCUT2D eigenvalue weighted by atomic mass is 9.77. The lowest BCUT2D eigenvalue weighted by molar-refractivity contribution is -0.137. The summed E-state index contributed by atoms with van der Waals surface area (Å²) in [4.78, 5) is 27.5. The number of alkyl halides is 3. The van der Waals surface area contributed by atoms with Crippen molar-refractivity contribution in [3.8, 4) is 0 Å². The second kappa shape index (κ2) is 8.95. The second-order valence-electron chi connectivity index (χ2n) is 8.60. The van der Waals surface area contributed by atoms with Crippen molar-refractivity contribution in [3.05, 3.63) is 100 Å². The molecule has 5 nitrogen and oxygen atoms in total. The molecule has 176 valence electrons. The molecule has 0 bridgehead atoms. The van der Waals surface area contributed by atoms with Crippen molar-refractivity contribution < 1.29 is 27.9 Å². The van der Waals surface area contributed by atoms with E-state index in [-0.39, 0.29) is 11.1 Å². The van der Waals surface area contributed by atoms with Gasteiger partial charge in [0.05, 0.1) is 28.7 Å². The monoisotopic (exact) mass is 468 g/mol. The van der Waals surface area contributed by atoms with Gasteiger partial charge in [-0.05, 0) is 55.1 Å². The number of hydrogen-bond donors (Lipinski definition) is 2. The first-order valence-corrected chi connectivity index (χ1v) is 10.6. The van der Waals surface area contributed by atoms with Crippen molar-refractivity contribution in [1.29, 1.82) is 0 Å². The highest BCUT2D eigenvalue weighted by molar-refractivity contribution is 6.14. The fraction of sp³-hybridized carbons (Fsp3) is 0.231. The SMILES string of the molecule is CN(C)Cc1ccc(C2Nc3cccc(C(=O)O)c3C(=O)C2c2ccc(C(F)(F)F)cc2)cc1. The molecule has 0 saturated heterocycles. The number of nitrogens with zero attached hydrogens (tertiary/aromatic N) is 1. The molecule has 2 atom stereocenters. The Bertz CT molecular complexity index is 1220. The predicted octanol–water partition coefficient (Wildman–Crippen LogP) is 5.60. The number of Topliss-reactive ketones (excluding diaryl/α,β-unsaturated/α-hetero) is 1. The molecule has 0 amide bonds. The molecular weight excluding hydrogens is 445 g/mol. The number of benzene rings is 3. The minimum Gasteiger partial charge on any atom is -0.478 e. The zero-order chi connectivity index (χ0) is 24.6. The van der Waals surface area contributed by atoms with Crippen LogP contribution in [0.25, 0.3) is 0 Å². The van der Waals surface area contributed by atoms with E-state index < -0.39 is 35.5 Å². The van der Waals surface area contributed by atoms with Gasteiger partial charge in [-0.15, -0.1) is 0 Å². The molecule has 2 unspecified atom stereocenters. The van der Waals surface area contributed by atoms with Crippen molar-refractivity contribution in [2.75, 3.05) is 19.4 Å². The smallest absolute Gasteiger partial charge is 0.416 e. The van der Waals surface area contributed by atoms with Crippen LogP contribution in [-0.4, -0.2) is 35.9 Å². The molecular formula is C26H23F3N2O3. The first-order chi connectivity index (χ1) is 16.1. The van der Waals surface area contributed by atoms with E-state index >= 15 is 0 Å². The molecule has 0 radical (unpaired) electrons. The zero-order valence-electron chi connectivity index (χ0n) is 18.6. The highest BCUT2D eigenvalue weighted by Crippen LogP contribution is 2.44. The number of aromatic carboxylic acids is 1. The molecule has 1 heterocycles. The maximum atomic E-state index is 13.7. The Morgan fingerprint density at radius 3 is 2.15 bits per heavy atom. The maximum Gasteiger partial charge on any atom is 0.416 e. The van der Waals surface area contributed by atoms with Crippen LogP contribution in [-0.2, 0) is 12.7 Å². The van der Waals surface area contributed by atoms with Crippen LogP contribution in [0.4, 0.5) is 18.9 Å². The van der Waals surface area contributed by atoms with Crippen molar-refractivity contribution >= 4 is 17.4 Å². The molecule has 2 N–H and O–H groups in total. The van der Waals surface area contributed by atoms with Crippen molar-refractivity contribution in [1.82, 2.24) is 4.90 Å². The summed E-state index contributed by atoms with van der Waals surface area (Å²) < 4.78 is 39.3. The van der Waals surface area contributed by atoms with Gasteiger partial charge in [0.1, 0.15) is 0 Å². The fourth-order valence-electron chi connectivity index (χ4n) is 4.37. The molecule has 0 aromatic heterocycles. The summed E-state index contributed by atoms with van der Waals surface area (Å²) in [6.07, 6.45) is -4.50. The number of rotatable bonds is 5. The predicted molar refractivity (Wildman–Crippen MR) is 122 cm³/mol. The van der Waals surface area contributed by atoms with Gasteiger partial charge in [0, 0.05) is 12.2 Å². The van der Waals surface area contributed by atoms with Crippen LogP contribution in [0.2, 0.25) is 0 Å². The fourth-order valence-corrected chi connectivity index (χ4v) is 4.37. The number of fused-ring (bicyclic) bond motifs is 1. The largest absolute Gasteiger partial charge is 0.478 e. The van der Waals surface area contributed by atoms with Crippen LogP contribution in [0.3, 0.4) is 0 Å². The van der Waals surface area contributed by atoms with Crippen LogP contribution in [0.5, 0.6) is 0 Å². The van der Waals surface area contributed by atoms with Gasteiger partial charge in [0.2, 0.25) is 0 Å². The van der Waals surface area contributed by atoms with Crippen molar-refractivity contribution in [3.63, 3.8) is 0 Å². The third-order valence-corrected chi connectivity index (χ3v) is 5.90. The highest BCUT2D eigenvalue weighted by Gasteiger charge is 2.40. The number of ketones is 1. The van der Waals surface area contributed by atoms with Gasteiger partial charge in [0.15, 0.2) is 5.78 Å². The lowest BCUT2D eigenvalue weighted by Crippen LogP contribution is -2.33. The molecule has 4 rings (SSSR count). The van der Waals surface area contributed by atoms with E-state index in [4.69, 9.17) is 0 Å². The van der Waals surface area contributed by atoms with Gasteiger partial charge in [-0.2, -0.15) is 13.2 Å². The summed E-state index contributed by atoms with van der Waals surface area (Å²) in [5.41, 5.74) is 1.66. The Labute approximate surface area is 194 Å². The molecule has 3 aromatic rings. The normalized spacial score (nSPS) is 17.9. The van der Waals surface area contributed by atoms with Crippen LogP contribution in [0.15, 0.2) is 66.7 Å². The van der Waals surface area contributed by atoms with Gasteiger partial charge >= 0.3 is 12.1 Å². The zero-order valence-corrected chi connectivity index (χ0v) is 18.6. The Morgan fingerprint density at radius 2 is 1.59 bits per heavy atom. The molecule has 0 fully saturated rings. The Balaban J connectivity index is 1.82. The van der Waals surface area contributed by atoms with Crippen LogP contribution in [0.1, 0.15) is 54.9 Å². The summed E-state index contributed by atoms with van der Waals surface area (Å²) in [5, 5.41) is 12.9. The first-order valence-electron chi connectivity index (χ1n) is 10.6. The third-order valence-electron chi connectivity index (χ3n) is 5.90. The molecule has 3 aromatic carbocycles. The van der Waals surface area contributed by atoms with E-state index in [1.54, 1.807) is 12.1 Å². The van der Waals surface area contributed by atoms with E-state index in [9.17, 15) is 27.9 Å². The van der Waals surface area contributed by atoms with E-state index in [1.165, 1.54) is 18.2 Å². The van der Waals surface area contributed by atoms with Crippen LogP contribution in [0, 0.1) is 0 Å². The lowest BCUT2D eigenvalue weighted by Gasteiger charge is -2.35.